The summed E-state index contributed by atoms with van der Waals surface area (Å²) >= 11 is 0. The third kappa shape index (κ3) is 0.762. The molecule has 0 aromatic carbocycles. The second-order valence-electron chi connectivity index (χ2n) is 2.72. The third-order valence-corrected chi connectivity index (χ3v) is 2.05. The first-order chi connectivity index (χ1) is 4.88. The predicted molar refractivity (Wildman–Crippen MR) is 38.8 cm³/mol. The van der Waals surface area contributed by atoms with Gasteiger partial charge in [-0.15, -0.1) is 0 Å². The molecule has 1 aliphatic heterocycles. The first kappa shape index (κ1) is 5.98. The minimum atomic E-state index is 0.475. The topological polar surface area (TPSA) is 25.2 Å². The summed E-state index contributed by atoms with van der Waals surface area (Å²) in [5, 5.41) is 3.36. The molecule has 0 radical (unpaired) electrons. The maximum atomic E-state index is 5.29. The van der Waals surface area contributed by atoms with Gasteiger partial charge >= 0.3 is 0 Å². The molecule has 54 valence electrons. The highest BCUT2D eigenvalue weighted by Gasteiger charge is 2.17. The van der Waals surface area contributed by atoms with Crippen molar-refractivity contribution in [1.29, 1.82) is 0 Å². The molecule has 0 bridgehead atoms. The van der Waals surface area contributed by atoms with Crippen molar-refractivity contribution in [3.05, 3.63) is 23.7 Å². The van der Waals surface area contributed by atoms with Crippen molar-refractivity contribution in [1.82, 2.24) is 5.32 Å². The smallest absolute Gasteiger partial charge is 0.109 e. The van der Waals surface area contributed by atoms with E-state index in [9.17, 15) is 0 Å². The Morgan fingerprint density at radius 3 is 3.40 bits per heavy atom. The van der Waals surface area contributed by atoms with Gasteiger partial charge in [-0.3, -0.25) is 0 Å². The fourth-order valence-electron chi connectivity index (χ4n) is 1.45. The molecule has 2 rings (SSSR count). The highest BCUT2D eigenvalue weighted by atomic mass is 16.3. The Bertz CT molecular complexity index is 229. The largest absolute Gasteiger partial charge is 0.469 e. The van der Waals surface area contributed by atoms with Crippen molar-refractivity contribution in [2.24, 2.45) is 0 Å². The maximum absolute atomic E-state index is 5.29. The monoisotopic (exact) mass is 137 g/mol. The van der Waals surface area contributed by atoms with Crippen molar-refractivity contribution in [2.75, 3.05) is 6.54 Å². The van der Waals surface area contributed by atoms with Crippen LogP contribution in [0.3, 0.4) is 0 Å². The van der Waals surface area contributed by atoms with Gasteiger partial charge in [-0.25, -0.2) is 0 Å². The Morgan fingerprint density at radius 2 is 2.60 bits per heavy atom. The Hall–Kier alpha value is -0.760. The van der Waals surface area contributed by atoms with Gasteiger partial charge in [-0.1, -0.05) is 0 Å². The van der Waals surface area contributed by atoms with Crippen molar-refractivity contribution in [2.45, 2.75) is 19.4 Å². The quantitative estimate of drug-likeness (QED) is 0.586. The van der Waals surface area contributed by atoms with E-state index < -0.39 is 0 Å². The van der Waals surface area contributed by atoms with Crippen LogP contribution < -0.4 is 5.32 Å². The van der Waals surface area contributed by atoms with E-state index in [0.29, 0.717) is 6.04 Å². The minimum Gasteiger partial charge on any atom is -0.469 e. The van der Waals surface area contributed by atoms with E-state index >= 15 is 0 Å². The van der Waals surface area contributed by atoms with Gasteiger partial charge in [0.15, 0.2) is 0 Å². The summed E-state index contributed by atoms with van der Waals surface area (Å²) in [5.74, 6) is 1.16. The number of furan rings is 1. The minimum absolute atomic E-state index is 0.475. The second-order valence-corrected chi connectivity index (χ2v) is 2.72. The van der Waals surface area contributed by atoms with Gasteiger partial charge in [-0.2, -0.15) is 0 Å². The molecule has 0 amide bonds. The molecule has 0 saturated heterocycles. The van der Waals surface area contributed by atoms with Crippen molar-refractivity contribution < 1.29 is 4.42 Å². The van der Waals surface area contributed by atoms with Crippen LogP contribution in [0.15, 0.2) is 16.7 Å². The molecule has 1 aromatic rings. The molecule has 1 aliphatic rings. The van der Waals surface area contributed by atoms with Gasteiger partial charge in [0.2, 0.25) is 0 Å². The summed E-state index contributed by atoms with van der Waals surface area (Å²) in [7, 11) is 0. The van der Waals surface area contributed by atoms with Gasteiger partial charge in [0.1, 0.15) is 5.76 Å². The fraction of sp³-hybridized carbons (Fsp3) is 0.500. The SMILES string of the molecule is CC1NCCc2occc21. The molecule has 0 spiro atoms. The Balaban J connectivity index is 2.41. The number of nitrogens with one attached hydrogen (secondary N) is 1. The molecule has 10 heavy (non-hydrogen) atoms. The van der Waals surface area contributed by atoms with Crippen LogP contribution in [-0.4, -0.2) is 6.54 Å². The average molecular weight is 137 g/mol. The maximum Gasteiger partial charge on any atom is 0.109 e. The molecule has 1 N–H and O–H groups in total. The Labute approximate surface area is 60.2 Å². The zero-order valence-corrected chi connectivity index (χ0v) is 6.05. The highest BCUT2D eigenvalue weighted by Crippen LogP contribution is 2.22. The lowest BCUT2D eigenvalue weighted by Crippen LogP contribution is -2.26. The van der Waals surface area contributed by atoms with Gasteiger partial charge < -0.3 is 9.73 Å². The molecule has 0 saturated carbocycles. The van der Waals surface area contributed by atoms with Crippen LogP contribution in [0.25, 0.3) is 0 Å². The normalized spacial score (nSPS) is 24.3. The zero-order chi connectivity index (χ0) is 6.97. The summed E-state index contributed by atoms with van der Waals surface area (Å²) in [5.41, 5.74) is 1.33. The van der Waals surface area contributed by atoms with Crippen LogP contribution in [0.1, 0.15) is 24.3 Å². The highest BCUT2D eigenvalue weighted by molar-refractivity contribution is 5.23. The molecule has 2 nitrogen and oxygen atoms in total. The number of fused-ring (bicyclic) bond motifs is 1. The summed E-state index contributed by atoms with van der Waals surface area (Å²) < 4.78 is 5.29. The molecule has 0 fully saturated rings. The first-order valence-electron chi connectivity index (χ1n) is 3.67. The Kier molecular flexibility index (Phi) is 1.27. The lowest BCUT2D eigenvalue weighted by atomic mass is 10.0. The third-order valence-electron chi connectivity index (χ3n) is 2.05. The Morgan fingerprint density at radius 1 is 1.70 bits per heavy atom. The summed E-state index contributed by atoms with van der Waals surface area (Å²) in [6.45, 7) is 3.20. The van der Waals surface area contributed by atoms with E-state index in [2.05, 4.69) is 12.2 Å². The van der Waals surface area contributed by atoms with E-state index in [0.717, 1.165) is 18.7 Å². The van der Waals surface area contributed by atoms with E-state index in [-0.39, 0.29) is 0 Å². The molecule has 2 heterocycles. The van der Waals surface area contributed by atoms with E-state index in [4.69, 9.17) is 4.42 Å². The number of hydrogen-bond acceptors (Lipinski definition) is 2. The lowest BCUT2D eigenvalue weighted by Gasteiger charge is -2.18. The van der Waals surface area contributed by atoms with Crippen LogP contribution in [-0.2, 0) is 6.42 Å². The first-order valence-corrected chi connectivity index (χ1v) is 3.67. The molecular weight excluding hydrogens is 126 g/mol. The molecular formula is C8H11NO. The van der Waals surface area contributed by atoms with Crippen LogP contribution in [0.4, 0.5) is 0 Å². The van der Waals surface area contributed by atoms with Gasteiger partial charge in [0.05, 0.1) is 6.26 Å². The number of rotatable bonds is 0. The number of hydrogen-bond donors (Lipinski definition) is 1. The van der Waals surface area contributed by atoms with Crippen molar-refractivity contribution in [3.8, 4) is 0 Å². The predicted octanol–water partition coefficient (Wildman–Crippen LogP) is 1.49. The molecule has 2 heteroatoms. The van der Waals surface area contributed by atoms with Crippen LogP contribution in [0.2, 0.25) is 0 Å². The van der Waals surface area contributed by atoms with Gasteiger partial charge in [0.25, 0.3) is 0 Å². The van der Waals surface area contributed by atoms with Crippen molar-refractivity contribution >= 4 is 0 Å². The average Bonchev–Trinajstić information content (AvgIpc) is 2.36. The van der Waals surface area contributed by atoms with Gasteiger partial charge in [0, 0.05) is 24.6 Å². The standard InChI is InChI=1S/C8H11NO/c1-6-7-3-5-10-8(7)2-4-9-6/h3,5-6,9H,2,4H2,1H3. The van der Waals surface area contributed by atoms with E-state index in [1.54, 1.807) is 6.26 Å². The van der Waals surface area contributed by atoms with Gasteiger partial charge in [-0.05, 0) is 13.0 Å². The zero-order valence-electron chi connectivity index (χ0n) is 6.05. The second kappa shape index (κ2) is 2.13. The van der Waals surface area contributed by atoms with Crippen molar-refractivity contribution in [3.63, 3.8) is 0 Å². The van der Waals surface area contributed by atoms with Crippen LogP contribution >= 0.6 is 0 Å². The summed E-state index contributed by atoms with van der Waals surface area (Å²) in [4.78, 5) is 0. The summed E-state index contributed by atoms with van der Waals surface area (Å²) in [6, 6.07) is 2.52. The van der Waals surface area contributed by atoms with E-state index in [1.165, 1.54) is 5.56 Å². The molecule has 1 atom stereocenters. The van der Waals surface area contributed by atoms with Crippen LogP contribution in [0.5, 0.6) is 0 Å². The molecule has 0 aliphatic carbocycles. The van der Waals surface area contributed by atoms with E-state index in [1.807, 2.05) is 6.07 Å². The molecule has 1 unspecified atom stereocenters. The fourth-order valence-corrected chi connectivity index (χ4v) is 1.45. The summed E-state index contributed by atoms with van der Waals surface area (Å²) in [6.07, 6.45) is 2.81. The lowest BCUT2D eigenvalue weighted by molar-refractivity contribution is 0.446. The van der Waals surface area contributed by atoms with Crippen LogP contribution in [0, 0.1) is 0 Å². The molecule has 1 aromatic heterocycles.